The Labute approximate surface area is 182 Å². The number of unbranched alkanes of at least 4 members (excludes halogenated alkanes) is 11. The zero-order valence-electron chi connectivity index (χ0n) is 17.3. The first kappa shape index (κ1) is 27.9. The second-order valence-electron chi connectivity index (χ2n) is 6.79. The number of aliphatic carboxylic acids is 1. The van der Waals surface area contributed by atoms with Gasteiger partial charge in [0, 0.05) is 6.42 Å². The number of hydrogen-bond donors (Lipinski definition) is 0. The van der Waals surface area contributed by atoms with Crippen LogP contribution < -0.4 is 34.7 Å². The van der Waals surface area contributed by atoms with Gasteiger partial charge in [0.25, 0.3) is 0 Å². The van der Waals surface area contributed by atoms with E-state index in [1.54, 1.807) is 0 Å². The van der Waals surface area contributed by atoms with Crippen LogP contribution in [0.5, 0.6) is 0 Å². The van der Waals surface area contributed by atoms with Gasteiger partial charge in [-0.15, -0.1) is 0 Å². The third-order valence-corrected chi connectivity index (χ3v) is 4.28. The van der Waals surface area contributed by atoms with Crippen LogP contribution in [0.1, 0.15) is 104 Å². The van der Waals surface area contributed by atoms with E-state index < -0.39 is 18.0 Å². The summed E-state index contributed by atoms with van der Waals surface area (Å²) in [6, 6.07) is 0. The Morgan fingerprint density at radius 1 is 0.846 bits per heavy atom. The predicted molar refractivity (Wildman–Crippen MR) is 100 cm³/mol. The van der Waals surface area contributed by atoms with E-state index in [-0.39, 0.29) is 36.0 Å². The van der Waals surface area contributed by atoms with E-state index in [1.807, 2.05) is 0 Å². The van der Waals surface area contributed by atoms with Crippen molar-refractivity contribution in [1.29, 1.82) is 0 Å². The zero-order chi connectivity index (χ0) is 18.8. The van der Waals surface area contributed by atoms with Crippen molar-refractivity contribution in [2.24, 2.45) is 0 Å². The smallest absolute Gasteiger partial charge is 0.546 e. The van der Waals surface area contributed by atoms with Crippen molar-refractivity contribution >= 4 is 11.9 Å². The number of carboxylic acids is 1. The summed E-state index contributed by atoms with van der Waals surface area (Å²) < 4.78 is 4.72. The summed E-state index contributed by atoms with van der Waals surface area (Å²) in [5, 5.41) is 10.5. The molecule has 0 aliphatic heterocycles. The van der Waals surface area contributed by atoms with Crippen molar-refractivity contribution in [2.75, 3.05) is 0 Å². The molecule has 0 heterocycles. The zero-order valence-corrected chi connectivity index (χ0v) is 19.3. The molecule has 26 heavy (non-hydrogen) atoms. The number of carbonyl (C=O) groups excluding carboxylic acids is 2. The van der Waals surface area contributed by atoms with E-state index >= 15 is 0 Å². The molecule has 0 spiro atoms. The Hall–Kier alpha value is -0.320. The fourth-order valence-electron chi connectivity index (χ4n) is 2.64. The Morgan fingerprint density at radius 3 is 1.81 bits per heavy atom. The van der Waals surface area contributed by atoms with Crippen molar-refractivity contribution in [2.45, 2.75) is 110 Å². The van der Waals surface area contributed by atoms with Crippen LogP contribution in [0.3, 0.4) is 0 Å². The van der Waals surface area contributed by atoms with Gasteiger partial charge in [0.05, 0.1) is 5.97 Å². The fraction of sp³-hybridized carbons (Fsp3) is 0.810. The first-order chi connectivity index (χ1) is 12.1. The summed E-state index contributed by atoms with van der Waals surface area (Å²) in [4.78, 5) is 21.8. The molecule has 0 fully saturated rings. The number of esters is 1. The van der Waals surface area contributed by atoms with Gasteiger partial charge in [0.1, 0.15) is 6.10 Å². The minimum Gasteiger partial charge on any atom is -0.546 e. The van der Waals surface area contributed by atoms with Gasteiger partial charge in [-0.25, -0.2) is 0 Å². The molecular formula is C21H37NaO4. The van der Waals surface area contributed by atoms with E-state index in [9.17, 15) is 14.7 Å². The molecule has 0 N–H and O–H groups in total. The number of rotatable bonds is 17. The summed E-state index contributed by atoms with van der Waals surface area (Å²) in [6.07, 6.45) is 19.4. The molecule has 0 saturated carbocycles. The van der Waals surface area contributed by atoms with Crippen LogP contribution in [0, 0.1) is 0 Å². The number of ether oxygens (including phenoxy) is 1. The maximum absolute atomic E-state index is 11.4. The van der Waals surface area contributed by atoms with Crippen LogP contribution in [0.15, 0.2) is 12.2 Å². The van der Waals surface area contributed by atoms with E-state index in [4.69, 9.17) is 4.74 Å². The molecule has 0 aromatic carbocycles. The molecular weight excluding hydrogens is 339 g/mol. The van der Waals surface area contributed by atoms with Gasteiger partial charge in [-0.2, -0.15) is 0 Å². The minimum atomic E-state index is -1.35. The molecule has 0 aromatic heterocycles. The maximum Gasteiger partial charge on any atom is 1.00 e. The van der Waals surface area contributed by atoms with Crippen LogP contribution in [0.4, 0.5) is 0 Å². The van der Waals surface area contributed by atoms with Crippen LogP contribution in [-0.2, 0) is 14.3 Å². The summed E-state index contributed by atoms with van der Waals surface area (Å²) in [6.45, 7) is 3.56. The van der Waals surface area contributed by atoms with E-state index in [0.717, 1.165) is 25.7 Å². The van der Waals surface area contributed by atoms with Crippen LogP contribution in [-0.4, -0.2) is 18.0 Å². The molecule has 0 saturated heterocycles. The number of carboxylic acid groups (broad SMARTS) is 1. The summed E-state index contributed by atoms with van der Waals surface area (Å²) in [7, 11) is 0. The fourth-order valence-corrected chi connectivity index (χ4v) is 2.64. The largest absolute Gasteiger partial charge is 1.00 e. The topological polar surface area (TPSA) is 66.4 Å². The SMILES string of the molecule is CCCCCCCCC=CCCCCCCCC(=O)OC(C)C(=O)[O-].[Na+]. The van der Waals surface area contributed by atoms with Crippen molar-refractivity contribution in [3.05, 3.63) is 12.2 Å². The Morgan fingerprint density at radius 2 is 1.31 bits per heavy atom. The number of carbonyl (C=O) groups is 2. The van der Waals surface area contributed by atoms with Crippen LogP contribution >= 0.6 is 0 Å². The number of allylic oxidation sites excluding steroid dienone is 2. The van der Waals surface area contributed by atoms with Gasteiger partial charge in [-0.1, -0.05) is 70.4 Å². The summed E-state index contributed by atoms with van der Waals surface area (Å²) >= 11 is 0. The summed E-state index contributed by atoms with van der Waals surface area (Å²) in [5.74, 6) is -1.80. The molecule has 0 aliphatic carbocycles. The predicted octanol–water partition coefficient (Wildman–Crippen LogP) is 1.71. The maximum atomic E-state index is 11.4. The van der Waals surface area contributed by atoms with Gasteiger partial charge >= 0.3 is 35.5 Å². The van der Waals surface area contributed by atoms with Crippen molar-refractivity contribution in [3.8, 4) is 0 Å². The van der Waals surface area contributed by atoms with Crippen molar-refractivity contribution in [1.82, 2.24) is 0 Å². The standard InChI is InChI=1S/C21H38O4.Na/c1-3-4-5-6-7-8-9-10-11-12-13-14-15-16-17-18-20(22)25-19(2)21(23)24;/h10-11,19H,3-9,12-18H2,1-2H3,(H,23,24);/q;+1/p-1. The molecule has 0 aliphatic rings. The number of hydrogen-bond acceptors (Lipinski definition) is 4. The molecule has 0 rings (SSSR count). The monoisotopic (exact) mass is 376 g/mol. The van der Waals surface area contributed by atoms with Gasteiger partial charge < -0.3 is 14.6 Å². The van der Waals surface area contributed by atoms with Crippen molar-refractivity contribution in [3.63, 3.8) is 0 Å². The van der Waals surface area contributed by atoms with Gasteiger partial charge in [0.2, 0.25) is 0 Å². The third kappa shape index (κ3) is 20.0. The molecule has 4 nitrogen and oxygen atoms in total. The van der Waals surface area contributed by atoms with Gasteiger partial charge in [0.15, 0.2) is 0 Å². The normalized spacial score (nSPS) is 11.9. The van der Waals surface area contributed by atoms with Crippen LogP contribution in [0.2, 0.25) is 0 Å². The molecule has 5 heteroatoms. The third-order valence-electron chi connectivity index (χ3n) is 4.28. The van der Waals surface area contributed by atoms with Crippen molar-refractivity contribution < 1.29 is 49.0 Å². The second kappa shape index (κ2) is 21.0. The molecule has 0 bridgehead atoms. The molecule has 146 valence electrons. The van der Waals surface area contributed by atoms with E-state index in [0.29, 0.717) is 0 Å². The first-order valence-corrected chi connectivity index (χ1v) is 10.1. The van der Waals surface area contributed by atoms with E-state index in [2.05, 4.69) is 19.1 Å². The first-order valence-electron chi connectivity index (χ1n) is 10.1. The average molecular weight is 377 g/mol. The average Bonchev–Trinajstić information content (AvgIpc) is 2.58. The second-order valence-corrected chi connectivity index (χ2v) is 6.79. The summed E-state index contributed by atoms with van der Waals surface area (Å²) in [5.41, 5.74) is 0. The van der Waals surface area contributed by atoms with E-state index in [1.165, 1.54) is 64.7 Å². The Kier molecular flexibility index (Phi) is 22.5. The Bertz CT molecular complexity index is 369. The van der Waals surface area contributed by atoms with Gasteiger partial charge in [-0.05, 0) is 39.0 Å². The molecule has 1 unspecified atom stereocenters. The minimum absolute atomic E-state index is 0. The van der Waals surface area contributed by atoms with Gasteiger partial charge in [-0.3, -0.25) is 4.79 Å². The molecule has 0 aromatic rings. The Balaban J connectivity index is 0. The molecule has 0 amide bonds. The van der Waals surface area contributed by atoms with Crippen LogP contribution in [0.25, 0.3) is 0 Å². The quantitative estimate of drug-likeness (QED) is 0.168. The molecule has 0 radical (unpaired) electrons. The molecule has 1 atom stereocenters.